The van der Waals surface area contributed by atoms with Gasteiger partial charge in [0.05, 0.1) is 19.4 Å². The largest absolute Gasteiger partial charge is 0.491 e. The second-order valence-electron chi connectivity index (χ2n) is 11.0. The maximum Gasteiger partial charge on any atom is 0.266 e. The number of hydrogen-bond donors (Lipinski definition) is 3. The van der Waals surface area contributed by atoms with Crippen LogP contribution in [0, 0.1) is 5.82 Å². The zero-order valence-electron chi connectivity index (χ0n) is 24.2. The maximum atomic E-state index is 15.4. The van der Waals surface area contributed by atoms with Gasteiger partial charge in [0.15, 0.2) is 0 Å². The van der Waals surface area contributed by atoms with Gasteiger partial charge in [0.25, 0.3) is 5.91 Å². The summed E-state index contributed by atoms with van der Waals surface area (Å²) in [5.74, 6) is -1.45. The smallest absolute Gasteiger partial charge is 0.266 e. The molecule has 0 spiro atoms. The first-order valence-corrected chi connectivity index (χ1v) is 16.1. The van der Waals surface area contributed by atoms with Crippen molar-refractivity contribution in [3.63, 3.8) is 0 Å². The average Bonchev–Trinajstić information content (AvgIpc) is 3.39. The Morgan fingerprint density at radius 1 is 1.11 bits per heavy atom. The molecule has 2 aliphatic heterocycles. The molecule has 0 bridgehead atoms. The molecule has 11 nitrogen and oxygen atoms in total. The molecule has 6 rings (SSSR count). The van der Waals surface area contributed by atoms with Crippen LogP contribution in [-0.4, -0.2) is 82.9 Å². The number of anilines is 1. The molecule has 2 aliphatic rings. The molecule has 1 aromatic carbocycles. The van der Waals surface area contributed by atoms with Crippen molar-refractivity contribution >= 4 is 38.4 Å². The molecule has 0 saturated heterocycles. The summed E-state index contributed by atoms with van der Waals surface area (Å²) in [4.78, 5) is 27.4. The van der Waals surface area contributed by atoms with Crippen molar-refractivity contribution in [2.45, 2.75) is 25.9 Å². The molecular formula is C31H32FN5O6S. The lowest BCUT2D eigenvalue weighted by molar-refractivity contribution is 0.0985. The number of aromatic nitrogens is 3. The fraction of sp³-hybridized carbons (Fsp3) is 0.323. The first-order valence-electron chi connectivity index (χ1n) is 14.2. The van der Waals surface area contributed by atoms with Crippen molar-refractivity contribution in [1.82, 2.24) is 19.3 Å². The number of H-pyrrole nitrogens is 1. The average molecular weight is 622 g/mol. The highest BCUT2D eigenvalue weighted by molar-refractivity contribution is 7.88. The Hall–Kier alpha value is -4.17. The lowest BCUT2D eigenvalue weighted by atomic mass is 9.97. The van der Waals surface area contributed by atoms with Crippen LogP contribution in [-0.2, 0) is 16.6 Å². The maximum absolute atomic E-state index is 15.4. The normalized spacial score (nSPS) is 16.8. The van der Waals surface area contributed by atoms with E-state index in [1.54, 1.807) is 25.3 Å². The number of rotatable bonds is 7. The van der Waals surface area contributed by atoms with Crippen molar-refractivity contribution < 1.29 is 32.6 Å². The van der Waals surface area contributed by atoms with Crippen LogP contribution in [0.2, 0.25) is 0 Å². The minimum absolute atomic E-state index is 0.0679. The Morgan fingerprint density at radius 2 is 1.89 bits per heavy atom. The van der Waals surface area contributed by atoms with Crippen molar-refractivity contribution in [3.8, 4) is 16.9 Å². The van der Waals surface area contributed by atoms with E-state index in [1.165, 1.54) is 27.7 Å². The third-order valence-corrected chi connectivity index (χ3v) is 9.48. The fourth-order valence-electron chi connectivity index (χ4n) is 5.75. The molecule has 230 valence electrons. The monoisotopic (exact) mass is 621 g/mol. The van der Waals surface area contributed by atoms with E-state index in [2.05, 4.69) is 15.0 Å². The molecule has 3 aromatic heterocycles. The molecule has 0 aliphatic carbocycles. The van der Waals surface area contributed by atoms with Gasteiger partial charge in [0, 0.05) is 54.7 Å². The number of nitrogens with one attached hydrogen (secondary N) is 1. The lowest BCUT2D eigenvalue weighted by Gasteiger charge is -2.23. The topological polar surface area (TPSA) is 149 Å². The van der Waals surface area contributed by atoms with E-state index < -0.39 is 28.4 Å². The van der Waals surface area contributed by atoms with Crippen LogP contribution in [0.3, 0.4) is 0 Å². The standard InChI is InChI=1S/C31H32FN5O6S/c1-18(16-38)20-13-25(32)28-27(14-20)43-12-11-37(31(28)40)30-24(17-39)22(4-8-34-30)21-3-7-33-29-23(21)15-26(35-29)19-5-9-36(10-6-19)44(2,41)42/h3-5,7-8,13-15,18,38-39H,6,9-12,16-17H2,1-2H3,(H,33,35). The summed E-state index contributed by atoms with van der Waals surface area (Å²) in [5.41, 5.74) is 4.43. The number of benzene rings is 1. The molecule has 4 aromatic rings. The number of carbonyl (C=O) groups excluding carboxylic acids is 1. The third kappa shape index (κ3) is 5.36. The second kappa shape index (κ2) is 11.7. The van der Waals surface area contributed by atoms with Gasteiger partial charge in [-0.1, -0.05) is 13.0 Å². The minimum atomic E-state index is -3.28. The Labute approximate surface area is 253 Å². The molecule has 1 atom stereocenters. The number of ether oxygens (including phenoxy) is 1. The predicted molar refractivity (Wildman–Crippen MR) is 163 cm³/mol. The fourth-order valence-corrected chi connectivity index (χ4v) is 6.52. The molecule has 3 N–H and O–H groups in total. The van der Waals surface area contributed by atoms with E-state index in [0.29, 0.717) is 35.3 Å². The summed E-state index contributed by atoms with van der Waals surface area (Å²) >= 11 is 0. The number of sulfonamides is 1. The van der Waals surface area contributed by atoms with E-state index >= 15 is 4.39 Å². The highest BCUT2D eigenvalue weighted by Crippen LogP contribution is 2.38. The Balaban J connectivity index is 1.39. The van der Waals surface area contributed by atoms with Crippen LogP contribution in [0.1, 0.15) is 46.4 Å². The van der Waals surface area contributed by atoms with E-state index in [1.807, 2.05) is 18.2 Å². The van der Waals surface area contributed by atoms with E-state index in [0.717, 1.165) is 22.2 Å². The number of halogens is 1. The van der Waals surface area contributed by atoms with Crippen molar-refractivity contribution in [3.05, 3.63) is 77.0 Å². The predicted octanol–water partition coefficient (Wildman–Crippen LogP) is 3.44. The molecule has 44 heavy (non-hydrogen) atoms. The Morgan fingerprint density at radius 3 is 2.59 bits per heavy atom. The SMILES string of the molecule is CC(CO)c1cc(F)c2c(c1)OCCN(c1nccc(-c3ccnc4[nH]c(C5=CCN(S(C)(=O)=O)CC5)cc34)c1CO)C2=O. The highest BCUT2D eigenvalue weighted by Gasteiger charge is 2.32. The van der Waals surface area contributed by atoms with Crippen LogP contribution >= 0.6 is 0 Å². The quantitative estimate of drug-likeness (QED) is 0.284. The van der Waals surface area contributed by atoms with Crippen LogP contribution in [0.5, 0.6) is 5.75 Å². The summed E-state index contributed by atoms with van der Waals surface area (Å²) in [7, 11) is -3.28. The minimum Gasteiger partial charge on any atom is -0.491 e. The first-order chi connectivity index (χ1) is 21.1. The molecule has 1 unspecified atom stereocenters. The van der Waals surface area contributed by atoms with Gasteiger partial charge in [0.2, 0.25) is 10.0 Å². The van der Waals surface area contributed by atoms with E-state index in [9.17, 15) is 23.4 Å². The van der Waals surface area contributed by atoms with Crippen molar-refractivity contribution in [1.29, 1.82) is 0 Å². The van der Waals surface area contributed by atoms with Crippen molar-refractivity contribution in [2.24, 2.45) is 0 Å². The van der Waals surface area contributed by atoms with E-state index in [-0.39, 0.29) is 49.4 Å². The molecule has 0 saturated carbocycles. The number of fused-ring (bicyclic) bond motifs is 2. The summed E-state index contributed by atoms with van der Waals surface area (Å²) < 4.78 is 46.4. The van der Waals surface area contributed by atoms with Crippen molar-refractivity contribution in [2.75, 3.05) is 44.0 Å². The van der Waals surface area contributed by atoms with Crippen LogP contribution in [0.15, 0.2) is 48.8 Å². The number of aromatic amines is 1. The van der Waals surface area contributed by atoms with Crippen LogP contribution in [0.4, 0.5) is 10.2 Å². The number of aliphatic hydroxyl groups excluding tert-OH is 2. The zero-order chi connectivity index (χ0) is 31.2. The van der Waals surface area contributed by atoms with Gasteiger partial charge in [-0.3, -0.25) is 9.69 Å². The van der Waals surface area contributed by atoms with Crippen LogP contribution in [0.25, 0.3) is 27.7 Å². The summed E-state index contributed by atoms with van der Waals surface area (Å²) in [6.07, 6.45) is 6.80. The summed E-state index contributed by atoms with van der Waals surface area (Å²) in [6, 6.07) is 8.32. The highest BCUT2D eigenvalue weighted by atomic mass is 32.2. The van der Waals surface area contributed by atoms with Gasteiger partial charge < -0.3 is 19.9 Å². The number of nitrogens with zero attached hydrogens (tertiary/aromatic N) is 4. The van der Waals surface area contributed by atoms with Gasteiger partial charge in [-0.15, -0.1) is 0 Å². The molecule has 5 heterocycles. The Kier molecular flexibility index (Phi) is 7.97. The van der Waals surface area contributed by atoms with Crippen LogP contribution < -0.4 is 9.64 Å². The second-order valence-corrected chi connectivity index (χ2v) is 13.0. The van der Waals surface area contributed by atoms with Gasteiger partial charge in [0.1, 0.15) is 35.2 Å². The molecule has 0 radical (unpaired) electrons. The first kappa shape index (κ1) is 29.9. The van der Waals surface area contributed by atoms with Gasteiger partial charge in [-0.25, -0.2) is 22.8 Å². The summed E-state index contributed by atoms with van der Waals surface area (Å²) in [5, 5.41) is 20.9. The third-order valence-electron chi connectivity index (χ3n) is 8.21. The van der Waals surface area contributed by atoms with Gasteiger partial charge in [-0.05, 0) is 59.0 Å². The molecule has 0 fully saturated rings. The lowest BCUT2D eigenvalue weighted by Crippen LogP contribution is -2.34. The van der Waals surface area contributed by atoms with Gasteiger partial charge in [-0.2, -0.15) is 4.31 Å². The molecule has 1 amide bonds. The molecular weight excluding hydrogens is 589 g/mol. The zero-order valence-corrected chi connectivity index (χ0v) is 25.1. The number of aliphatic hydroxyl groups is 2. The number of pyridine rings is 2. The number of amides is 1. The van der Waals surface area contributed by atoms with E-state index in [4.69, 9.17) is 4.74 Å². The Bertz CT molecular complexity index is 1910. The summed E-state index contributed by atoms with van der Waals surface area (Å²) in [6.45, 7) is 1.92. The number of hydrogen-bond acceptors (Lipinski definition) is 8. The molecule has 13 heteroatoms. The number of carbonyl (C=O) groups is 1. The van der Waals surface area contributed by atoms with Gasteiger partial charge >= 0.3 is 0 Å².